The van der Waals surface area contributed by atoms with Crippen LogP contribution in [0.2, 0.25) is 0 Å². The fourth-order valence-corrected chi connectivity index (χ4v) is 1.73. The van der Waals surface area contributed by atoms with Crippen molar-refractivity contribution >= 4 is 15.9 Å². The summed E-state index contributed by atoms with van der Waals surface area (Å²) >= 11 is 3.18. The Kier molecular flexibility index (Phi) is 4.38. The number of aromatic hydroxyl groups is 1. The summed E-state index contributed by atoms with van der Waals surface area (Å²) in [5, 5.41) is 19.4. The minimum atomic E-state index is -0.776. The summed E-state index contributed by atoms with van der Waals surface area (Å²) in [6, 6.07) is 3.23. The Balaban J connectivity index is 3.09. The number of aliphatic hydroxyl groups excluding tert-OH is 1. The summed E-state index contributed by atoms with van der Waals surface area (Å²) in [6.45, 7) is 0.357. The number of phenolic OH excluding ortho intramolecular Hbond substituents is 1. The van der Waals surface area contributed by atoms with Gasteiger partial charge in [0.15, 0.2) is 0 Å². The van der Waals surface area contributed by atoms with Crippen molar-refractivity contribution in [3.63, 3.8) is 0 Å². The van der Waals surface area contributed by atoms with Gasteiger partial charge in [-0.15, -0.1) is 0 Å². The molecular weight excluding hydrogens is 262 g/mol. The fourth-order valence-electron chi connectivity index (χ4n) is 1.28. The van der Waals surface area contributed by atoms with Crippen LogP contribution in [0.4, 0.5) is 0 Å². The SMILES string of the molecule is COc1cc(Br)c(O)c(C(O)CCN)c1. The predicted molar refractivity (Wildman–Crippen MR) is 61.0 cm³/mol. The lowest BCUT2D eigenvalue weighted by molar-refractivity contribution is 0.166. The molecular formula is C10H14BrNO3. The van der Waals surface area contributed by atoms with Crippen molar-refractivity contribution in [2.75, 3.05) is 13.7 Å². The number of hydrogen-bond donors (Lipinski definition) is 3. The molecule has 1 atom stereocenters. The van der Waals surface area contributed by atoms with Crippen LogP contribution in [0, 0.1) is 0 Å². The summed E-state index contributed by atoms with van der Waals surface area (Å²) in [7, 11) is 1.53. The van der Waals surface area contributed by atoms with Gasteiger partial charge in [-0.2, -0.15) is 0 Å². The van der Waals surface area contributed by atoms with Crippen LogP contribution < -0.4 is 10.5 Å². The van der Waals surface area contributed by atoms with Crippen LogP contribution in [0.25, 0.3) is 0 Å². The molecule has 15 heavy (non-hydrogen) atoms. The average Bonchev–Trinajstić information content (AvgIpc) is 2.22. The molecule has 0 aromatic heterocycles. The highest BCUT2D eigenvalue weighted by molar-refractivity contribution is 9.10. The van der Waals surface area contributed by atoms with Crippen LogP contribution in [0.5, 0.6) is 11.5 Å². The highest BCUT2D eigenvalue weighted by atomic mass is 79.9. The van der Waals surface area contributed by atoms with Gasteiger partial charge in [-0.3, -0.25) is 0 Å². The molecule has 1 aromatic carbocycles. The number of ether oxygens (including phenoxy) is 1. The molecule has 0 heterocycles. The number of nitrogens with two attached hydrogens (primary N) is 1. The summed E-state index contributed by atoms with van der Waals surface area (Å²) < 4.78 is 5.53. The standard InChI is InChI=1S/C10H14BrNO3/c1-15-6-4-7(9(13)2-3-12)10(14)8(11)5-6/h4-5,9,13-14H,2-3,12H2,1H3. The number of methoxy groups -OCH3 is 1. The van der Waals surface area contributed by atoms with Gasteiger partial charge in [0, 0.05) is 5.56 Å². The van der Waals surface area contributed by atoms with Crippen molar-refractivity contribution in [3.05, 3.63) is 22.2 Å². The average molecular weight is 276 g/mol. The zero-order chi connectivity index (χ0) is 11.4. The topological polar surface area (TPSA) is 75.7 Å². The minimum Gasteiger partial charge on any atom is -0.506 e. The second-order valence-corrected chi connectivity index (χ2v) is 3.99. The van der Waals surface area contributed by atoms with E-state index < -0.39 is 6.10 Å². The monoisotopic (exact) mass is 275 g/mol. The van der Waals surface area contributed by atoms with Crippen molar-refractivity contribution in [3.8, 4) is 11.5 Å². The third-order valence-corrected chi connectivity index (χ3v) is 2.71. The molecule has 5 heteroatoms. The quantitative estimate of drug-likeness (QED) is 0.779. The first-order valence-corrected chi connectivity index (χ1v) is 5.34. The van der Waals surface area contributed by atoms with E-state index >= 15 is 0 Å². The van der Waals surface area contributed by atoms with Crippen molar-refractivity contribution in [1.82, 2.24) is 0 Å². The highest BCUT2D eigenvalue weighted by Gasteiger charge is 2.15. The molecule has 0 aliphatic rings. The third kappa shape index (κ3) is 2.84. The van der Waals surface area contributed by atoms with Crippen molar-refractivity contribution in [1.29, 1.82) is 0 Å². The lowest BCUT2D eigenvalue weighted by Gasteiger charge is -2.14. The molecule has 0 amide bonds. The number of phenols is 1. The van der Waals surface area contributed by atoms with E-state index in [0.717, 1.165) is 0 Å². The zero-order valence-corrected chi connectivity index (χ0v) is 9.99. The Morgan fingerprint density at radius 3 is 2.73 bits per heavy atom. The van der Waals surface area contributed by atoms with Crippen LogP contribution >= 0.6 is 15.9 Å². The first-order chi connectivity index (χ1) is 7.10. The van der Waals surface area contributed by atoms with E-state index in [1.807, 2.05) is 0 Å². The van der Waals surface area contributed by atoms with Gasteiger partial charge >= 0.3 is 0 Å². The Morgan fingerprint density at radius 2 is 2.20 bits per heavy atom. The maximum absolute atomic E-state index is 9.73. The van der Waals surface area contributed by atoms with E-state index in [-0.39, 0.29) is 5.75 Å². The summed E-state index contributed by atoms with van der Waals surface area (Å²) in [4.78, 5) is 0. The van der Waals surface area contributed by atoms with Crippen LogP contribution in [-0.4, -0.2) is 23.9 Å². The first-order valence-electron chi connectivity index (χ1n) is 4.54. The molecule has 0 spiro atoms. The van der Waals surface area contributed by atoms with Gasteiger partial charge in [0.2, 0.25) is 0 Å². The summed E-state index contributed by atoms with van der Waals surface area (Å²) in [5.74, 6) is 0.600. The second kappa shape index (κ2) is 5.34. The van der Waals surface area contributed by atoms with E-state index in [4.69, 9.17) is 10.5 Å². The Bertz CT molecular complexity index is 344. The molecule has 0 fully saturated rings. The number of aliphatic hydroxyl groups is 1. The van der Waals surface area contributed by atoms with Crippen LogP contribution in [0.15, 0.2) is 16.6 Å². The smallest absolute Gasteiger partial charge is 0.135 e. The van der Waals surface area contributed by atoms with Crippen molar-refractivity contribution < 1.29 is 14.9 Å². The van der Waals surface area contributed by atoms with Gasteiger partial charge < -0.3 is 20.7 Å². The molecule has 1 unspecified atom stereocenters. The third-order valence-electron chi connectivity index (χ3n) is 2.10. The van der Waals surface area contributed by atoms with Crippen LogP contribution in [0.3, 0.4) is 0 Å². The Labute approximate surface area is 96.8 Å². The van der Waals surface area contributed by atoms with E-state index in [1.54, 1.807) is 12.1 Å². The number of hydrogen-bond acceptors (Lipinski definition) is 4. The maximum atomic E-state index is 9.73. The first kappa shape index (κ1) is 12.3. The number of rotatable bonds is 4. The Hall–Kier alpha value is -0.780. The van der Waals surface area contributed by atoms with Gasteiger partial charge in [0.25, 0.3) is 0 Å². The predicted octanol–water partition coefficient (Wildman–Crippen LogP) is 1.55. The fraction of sp³-hybridized carbons (Fsp3) is 0.400. The highest BCUT2D eigenvalue weighted by Crippen LogP contribution is 2.36. The molecule has 0 aliphatic heterocycles. The molecule has 4 N–H and O–H groups in total. The molecule has 0 bridgehead atoms. The minimum absolute atomic E-state index is 0.0248. The molecule has 1 rings (SSSR count). The van der Waals surface area contributed by atoms with Crippen LogP contribution in [-0.2, 0) is 0 Å². The van der Waals surface area contributed by atoms with E-state index in [1.165, 1.54) is 7.11 Å². The molecule has 0 radical (unpaired) electrons. The molecule has 0 saturated carbocycles. The van der Waals surface area contributed by atoms with Crippen molar-refractivity contribution in [2.45, 2.75) is 12.5 Å². The largest absolute Gasteiger partial charge is 0.506 e. The summed E-state index contributed by atoms with van der Waals surface area (Å²) in [5.41, 5.74) is 5.76. The van der Waals surface area contributed by atoms with Crippen LogP contribution in [0.1, 0.15) is 18.1 Å². The number of halogens is 1. The molecule has 4 nitrogen and oxygen atoms in total. The number of benzene rings is 1. The van der Waals surface area contributed by atoms with Gasteiger partial charge in [0.1, 0.15) is 11.5 Å². The van der Waals surface area contributed by atoms with Gasteiger partial charge in [-0.1, -0.05) is 0 Å². The molecule has 84 valence electrons. The lowest BCUT2D eigenvalue weighted by Crippen LogP contribution is -2.07. The normalized spacial score (nSPS) is 12.5. The van der Waals surface area contributed by atoms with E-state index in [0.29, 0.717) is 28.8 Å². The van der Waals surface area contributed by atoms with E-state index in [9.17, 15) is 10.2 Å². The Morgan fingerprint density at radius 1 is 1.53 bits per heavy atom. The van der Waals surface area contributed by atoms with Crippen molar-refractivity contribution in [2.24, 2.45) is 5.73 Å². The van der Waals surface area contributed by atoms with Gasteiger partial charge in [0.05, 0.1) is 17.7 Å². The molecule has 0 saturated heterocycles. The molecule has 1 aromatic rings. The van der Waals surface area contributed by atoms with E-state index in [2.05, 4.69) is 15.9 Å². The zero-order valence-electron chi connectivity index (χ0n) is 8.40. The lowest BCUT2D eigenvalue weighted by atomic mass is 10.1. The van der Waals surface area contributed by atoms with Gasteiger partial charge in [-0.25, -0.2) is 0 Å². The van der Waals surface area contributed by atoms with Gasteiger partial charge in [-0.05, 0) is 41.0 Å². The second-order valence-electron chi connectivity index (χ2n) is 3.14. The summed E-state index contributed by atoms with van der Waals surface area (Å²) in [6.07, 6.45) is -0.380. The molecule has 0 aliphatic carbocycles. The maximum Gasteiger partial charge on any atom is 0.135 e.